The molecule has 2 heterocycles. The van der Waals surface area contributed by atoms with Crippen molar-refractivity contribution in [2.75, 3.05) is 0 Å². The SMILES string of the molecule is CC1(C)c2ccccc2-c2c[c-]c(-c3nc4ccccc4s3)cc21.[Ir].[c-]1ccc(-c2ccccc2)cc1-c1nc2ccccc2s1. The van der Waals surface area contributed by atoms with Crippen LogP contribution in [0.2, 0.25) is 0 Å². The summed E-state index contributed by atoms with van der Waals surface area (Å²) in [5.41, 5.74) is 12.1. The zero-order valence-electron chi connectivity index (χ0n) is 25.2. The molecule has 0 bridgehead atoms. The molecule has 2 nitrogen and oxygen atoms in total. The Bertz CT molecular complexity index is 2250. The van der Waals surface area contributed by atoms with E-state index in [1.54, 1.807) is 22.7 Å². The quantitative estimate of drug-likeness (QED) is 0.166. The van der Waals surface area contributed by atoms with Gasteiger partial charge >= 0.3 is 0 Å². The molecule has 2 aromatic heterocycles. The van der Waals surface area contributed by atoms with Crippen molar-refractivity contribution in [2.24, 2.45) is 0 Å². The molecule has 0 N–H and O–H groups in total. The second-order valence-corrected chi connectivity index (χ2v) is 13.7. The van der Waals surface area contributed by atoms with Crippen LogP contribution in [-0.2, 0) is 25.5 Å². The molecule has 8 aromatic rings. The van der Waals surface area contributed by atoms with Crippen molar-refractivity contribution >= 4 is 43.1 Å². The van der Waals surface area contributed by atoms with Gasteiger partial charge in [-0.15, -0.1) is 64.7 Å². The number of hydrogen-bond acceptors (Lipinski definition) is 4. The number of benzene rings is 6. The van der Waals surface area contributed by atoms with Gasteiger partial charge < -0.3 is 0 Å². The molecule has 0 fully saturated rings. The van der Waals surface area contributed by atoms with Crippen LogP contribution in [0.3, 0.4) is 0 Å². The van der Waals surface area contributed by atoms with Crippen molar-refractivity contribution in [1.29, 1.82) is 0 Å². The van der Waals surface area contributed by atoms with Crippen molar-refractivity contribution in [3.8, 4) is 43.4 Å². The Kier molecular flexibility index (Phi) is 8.27. The molecule has 0 saturated heterocycles. The first-order valence-electron chi connectivity index (χ1n) is 15.0. The van der Waals surface area contributed by atoms with Crippen molar-refractivity contribution < 1.29 is 20.1 Å². The van der Waals surface area contributed by atoms with Gasteiger partial charge in [-0.25, -0.2) is 0 Å². The largest absolute Gasteiger partial charge is 0.285 e. The standard InChI is InChI=1S/C22H16NS.C19H12NS.Ir/c1-22(2)17-8-4-3-7-15(17)16-12-11-14(13-18(16)22)21-23-19-9-5-6-10-20(19)24-21;1-2-7-14(8-3-1)15-9-6-10-16(13-15)19-20-17-11-4-5-12-18(17)21-19;/h3-10,12-13H,1-2H3;1-9,11-13H;/q2*-1;. The van der Waals surface area contributed by atoms with Gasteiger partial charge in [0.25, 0.3) is 0 Å². The van der Waals surface area contributed by atoms with Gasteiger partial charge in [0.05, 0.1) is 11.0 Å². The number of aromatic nitrogens is 2. The van der Waals surface area contributed by atoms with E-state index in [4.69, 9.17) is 9.97 Å². The first-order valence-corrected chi connectivity index (χ1v) is 16.6. The van der Waals surface area contributed by atoms with E-state index in [1.807, 2.05) is 30.3 Å². The molecule has 225 valence electrons. The maximum atomic E-state index is 4.79. The summed E-state index contributed by atoms with van der Waals surface area (Å²) in [6.07, 6.45) is 0. The maximum Gasteiger partial charge on any atom is 0.0697 e. The summed E-state index contributed by atoms with van der Waals surface area (Å²) in [5.74, 6) is 0. The molecule has 46 heavy (non-hydrogen) atoms. The van der Waals surface area contributed by atoms with E-state index in [0.717, 1.165) is 32.2 Å². The van der Waals surface area contributed by atoms with E-state index in [2.05, 4.69) is 129 Å². The van der Waals surface area contributed by atoms with Gasteiger partial charge in [-0.05, 0) is 40.8 Å². The molecule has 0 spiro atoms. The van der Waals surface area contributed by atoms with E-state index in [1.165, 1.54) is 42.8 Å². The summed E-state index contributed by atoms with van der Waals surface area (Å²) in [7, 11) is 0. The van der Waals surface area contributed by atoms with Gasteiger partial charge in [0, 0.05) is 39.5 Å². The Morgan fingerprint density at radius 1 is 0.543 bits per heavy atom. The number of hydrogen-bond donors (Lipinski definition) is 0. The molecule has 6 aromatic carbocycles. The van der Waals surface area contributed by atoms with Crippen molar-refractivity contribution in [2.45, 2.75) is 19.3 Å². The normalized spacial score (nSPS) is 12.6. The van der Waals surface area contributed by atoms with Crippen molar-refractivity contribution in [3.63, 3.8) is 0 Å². The van der Waals surface area contributed by atoms with Crippen LogP contribution in [0, 0.1) is 12.1 Å². The molecule has 1 aliphatic carbocycles. The second-order valence-electron chi connectivity index (χ2n) is 11.7. The first kappa shape index (κ1) is 30.4. The molecule has 0 saturated carbocycles. The number of para-hydroxylation sites is 2. The van der Waals surface area contributed by atoms with Crippen LogP contribution >= 0.6 is 22.7 Å². The van der Waals surface area contributed by atoms with Gasteiger partial charge in [0.2, 0.25) is 0 Å². The van der Waals surface area contributed by atoms with Gasteiger partial charge in [-0.2, -0.15) is 22.7 Å². The summed E-state index contributed by atoms with van der Waals surface area (Å²) in [4.78, 5) is 9.50. The second kappa shape index (κ2) is 12.5. The van der Waals surface area contributed by atoms with Crippen LogP contribution in [0.4, 0.5) is 0 Å². The molecule has 1 radical (unpaired) electrons. The Labute approximate surface area is 290 Å². The zero-order valence-corrected chi connectivity index (χ0v) is 29.3. The third-order valence-electron chi connectivity index (χ3n) is 8.47. The smallest absolute Gasteiger partial charge is 0.0697 e. The van der Waals surface area contributed by atoms with Crippen LogP contribution in [0.1, 0.15) is 25.0 Å². The van der Waals surface area contributed by atoms with Crippen LogP contribution in [-0.4, -0.2) is 9.97 Å². The fourth-order valence-electron chi connectivity index (χ4n) is 6.14. The summed E-state index contributed by atoms with van der Waals surface area (Å²) in [6.45, 7) is 4.61. The van der Waals surface area contributed by atoms with Gasteiger partial charge in [-0.1, -0.05) is 104 Å². The summed E-state index contributed by atoms with van der Waals surface area (Å²) in [6, 6.07) is 53.1. The van der Waals surface area contributed by atoms with Gasteiger partial charge in [0.1, 0.15) is 0 Å². The van der Waals surface area contributed by atoms with E-state index in [9.17, 15) is 0 Å². The van der Waals surface area contributed by atoms with E-state index >= 15 is 0 Å². The van der Waals surface area contributed by atoms with Crippen LogP contribution in [0.5, 0.6) is 0 Å². The van der Waals surface area contributed by atoms with Crippen LogP contribution < -0.4 is 0 Å². The first-order chi connectivity index (χ1) is 22.0. The topological polar surface area (TPSA) is 25.8 Å². The predicted molar refractivity (Wildman–Crippen MR) is 191 cm³/mol. The Hall–Kier alpha value is -4.25. The number of fused-ring (bicyclic) bond motifs is 5. The Morgan fingerprint density at radius 3 is 1.80 bits per heavy atom. The van der Waals surface area contributed by atoms with Crippen molar-refractivity contribution in [1.82, 2.24) is 9.97 Å². The summed E-state index contributed by atoms with van der Waals surface area (Å²) in [5, 5.41) is 2.07. The molecule has 1 aliphatic rings. The minimum Gasteiger partial charge on any atom is -0.285 e. The van der Waals surface area contributed by atoms with Gasteiger partial charge in [-0.3, -0.25) is 9.97 Å². The summed E-state index contributed by atoms with van der Waals surface area (Å²) < 4.78 is 2.44. The average molecular weight is 805 g/mol. The third kappa shape index (κ3) is 5.54. The number of rotatable bonds is 3. The minimum atomic E-state index is 0. The molecule has 0 aliphatic heterocycles. The van der Waals surface area contributed by atoms with Crippen LogP contribution in [0.15, 0.2) is 133 Å². The molecule has 0 atom stereocenters. The monoisotopic (exact) mass is 805 g/mol. The van der Waals surface area contributed by atoms with Crippen LogP contribution in [0.25, 0.3) is 63.8 Å². The average Bonchev–Trinajstić information content (AvgIpc) is 3.79. The predicted octanol–water partition coefficient (Wildman–Crippen LogP) is 11.5. The van der Waals surface area contributed by atoms with E-state index in [-0.39, 0.29) is 25.5 Å². The van der Waals surface area contributed by atoms with E-state index in [0.29, 0.717) is 0 Å². The molecule has 9 rings (SSSR count). The molecule has 5 heteroatoms. The van der Waals surface area contributed by atoms with Gasteiger partial charge in [0.15, 0.2) is 0 Å². The fourth-order valence-corrected chi connectivity index (χ4v) is 8.03. The molecule has 0 amide bonds. The third-order valence-corrected chi connectivity index (χ3v) is 10.6. The van der Waals surface area contributed by atoms with Crippen molar-refractivity contribution in [3.05, 3.63) is 157 Å². The molecular weight excluding hydrogens is 777 g/mol. The van der Waals surface area contributed by atoms with E-state index < -0.39 is 0 Å². The Balaban J connectivity index is 0.000000145. The minimum absolute atomic E-state index is 0. The number of thiazole rings is 2. The fraction of sp³-hybridized carbons (Fsp3) is 0.0732. The molecule has 0 unspecified atom stereocenters. The summed E-state index contributed by atoms with van der Waals surface area (Å²) >= 11 is 3.45. The number of nitrogens with zero attached hydrogens (tertiary/aromatic N) is 2. The Morgan fingerprint density at radius 2 is 1.13 bits per heavy atom. The maximum absolute atomic E-state index is 4.79. The molecular formula is C41H28IrN2S2-2. The zero-order chi connectivity index (χ0) is 30.4.